The van der Waals surface area contributed by atoms with Gasteiger partial charge in [0.05, 0.1) is 5.92 Å². The van der Waals surface area contributed by atoms with Crippen molar-refractivity contribution in [2.24, 2.45) is 17.8 Å². The number of piperidine rings is 1. The van der Waals surface area contributed by atoms with Crippen LogP contribution in [0.2, 0.25) is 0 Å². The molecule has 1 saturated heterocycles. The third kappa shape index (κ3) is 3.11. The lowest BCUT2D eigenvalue weighted by Gasteiger charge is -2.30. The van der Waals surface area contributed by atoms with Crippen LogP contribution in [-0.2, 0) is 4.79 Å². The van der Waals surface area contributed by atoms with Crippen LogP contribution < -0.4 is 5.32 Å². The highest BCUT2D eigenvalue weighted by atomic mass is 16.4. The first-order chi connectivity index (χ1) is 8.08. The maximum Gasteiger partial charge on any atom is 0.317 e. The molecule has 3 atom stereocenters. The number of hydrogen-bond acceptors (Lipinski definition) is 2. The first-order valence-corrected chi connectivity index (χ1v) is 6.33. The molecule has 0 bridgehead atoms. The molecule has 17 heavy (non-hydrogen) atoms. The van der Waals surface area contributed by atoms with E-state index in [0.717, 1.165) is 18.9 Å². The zero-order valence-electron chi connectivity index (χ0n) is 10.2. The summed E-state index contributed by atoms with van der Waals surface area (Å²) >= 11 is 0. The van der Waals surface area contributed by atoms with Crippen molar-refractivity contribution in [2.45, 2.75) is 26.2 Å². The molecule has 5 nitrogen and oxygen atoms in total. The Labute approximate surface area is 101 Å². The number of carbonyl (C=O) groups excluding carboxylic acids is 1. The molecule has 2 amide bonds. The van der Waals surface area contributed by atoms with Crippen LogP contribution in [0.5, 0.6) is 0 Å². The van der Waals surface area contributed by atoms with Crippen LogP contribution in [0.1, 0.15) is 26.2 Å². The summed E-state index contributed by atoms with van der Waals surface area (Å²) in [5.74, 6) is 0.162. The molecule has 2 N–H and O–H groups in total. The van der Waals surface area contributed by atoms with Crippen molar-refractivity contribution in [3.05, 3.63) is 0 Å². The summed E-state index contributed by atoms with van der Waals surface area (Å²) < 4.78 is 0. The lowest BCUT2D eigenvalue weighted by molar-refractivity contribution is -0.143. The number of urea groups is 1. The molecule has 1 aliphatic carbocycles. The third-order valence-corrected chi connectivity index (χ3v) is 3.85. The Morgan fingerprint density at radius 3 is 2.76 bits per heavy atom. The van der Waals surface area contributed by atoms with Gasteiger partial charge in [0.1, 0.15) is 0 Å². The molecule has 5 heteroatoms. The number of likely N-dealkylation sites (tertiary alicyclic amines) is 1. The molecule has 0 aromatic heterocycles. The normalized spacial score (nSPS) is 32.1. The summed E-state index contributed by atoms with van der Waals surface area (Å²) in [5, 5.41) is 11.8. The molecule has 2 rings (SSSR count). The fourth-order valence-corrected chi connectivity index (χ4v) is 2.38. The van der Waals surface area contributed by atoms with Gasteiger partial charge < -0.3 is 15.3 Å². The lowest BCUT2D eigenvalue weighted by Crippen LogP contribution is -2.47. The van der Waals surface area contributed by atoms with Crippen LogP contribution in [0.25, 0.3) is 0 Å². The van der Waals surface area contributed by atoms with Crippen molar-refractivity contribution in [1.82, 2.24) is 10.2 Å². The predicted molar refractivity (Wildman–Crippen MR) is 62.6 cm³/mol. The Morgan fingerprint density at radius 1 is 1.47 bits per heavy atom. The summed E-state index contributed by atoms with van der Waals surface area (Å²) in [7, 11) is 0. The molecule has 2 fully saturated rings. The van der Waals surface area contributed by atoms with E-state index in [4.69, 9.17) is 5.11 Å². The second kappa shape index (κ2) is 4.94. The molecule has 0 aromatic carbocycles. The highest BCUT2D eigenvalue weighted by Crippen LogP contribution is 2.36. The minimum atomic E-state index is -0.793. The van der Waals surface area contributed by atoms with Gasteiger partial charge in [0.2, 0.25) is 0 Å². The van der Waals surface area contributed by atoms with Crippen molar-refractivity contribution in [2.75, 3.05) is 19.6 Å². The molecule has 2 aliphatic rings. The predicted octanol–water partition coefficient (Wildman–Crippen LogP) is 1.15. The largest absolute Gasteiger partial charge is 0.481 e. The minimum Gasteiger partial charge on any atom is -0.481 e. The summed E-state index contributed by atoms with van der Waals surface area (Å²) in [5.41, 5.74) is 0. The van der Waals surface area contributed by atoms with E-state index in [1.54, 1.807) is 4.90 Å². The minimum absolute atomic E-state index is 0.102. The van der Waals surface area contributed by atoms with Gasteiger partial charge >= 0.3 is 12.0 Å². The van der Waals surface area contributed by atoms with E-state index in [0.29, 0.717) is 25.4 Å². The van der Waals surface area contributed by atoms with E-state index in [2.05, 4.69) is 12.2 Å². The monoisotopic (exact) mass is 240 g/mol. The summed E-state index contributed by atoms with van der Waals surface area (Å²) in [6.07, 6.45) is 2.65. The van der Waals surface area contributed by atoms with Crippen molar-refractivity contribution in [1.29, 1.82) is 0 Å². The average Bonchev–Trinajstić information content (AvgIpc) is 3.02. The number of rotatable bonds is 3. The highest BCUT2D eigenvalue weighted by Gasteiger charge is 2.33. The van der Waals surface area contributed by atoms with Gasteiger partial charge in [-0.25, -0.2) is 4.79 Å². The van der Waals surface area contributed by atoms with Crippen LogP contribution in [0.15, 0.2) is 0 Å². The molecule has 0 radical (unpaired) electrons. The topological polar surface area (TPSA) is 69.6 Å². The average molecular weight is 240 g/mol. The standard InChI is InChI=1S/C12H20N2O3/c1-8-5-10(8)6-13-12(17)14-4-2-3-9(7-14)11(15)16/h8-10H,2-7H2,1H3,(H,13,17)(H,15,16). The van der Waals surface area contributed by atoms with Crippen molar-refractivity contribution < 1.29 is 14.7 Å². The summed E-state index contributed by atoms with van der Waals surface area (Å²) in [6.45, 7) is 3.93. The van der Waals surface area contributed by atoms with Gasteiger partial charge in [-0.3, -0.25) is 4.79 Å². The Morgan fingerprint density at radius 2 is 2.18 bits per heavy atom. The maximum absolute atomic E-state index is 11.8. The van der Waals surface area contributed by atoms with Crippen LogP contribution >= 0.6 is 0 Å². The number of nitrogens with zero attached hydrogens (tertiary/aromatic N) is 1. The van der Waals surface area contributed by atoms with Gasteiger partial charge in [-0.15, -0.1) is 0 Å². The molecule has 1 saturated carbocycles. The van der Waals surface area contributed by atoms with Crippen LogP contribution in [0.4, 0.5) is 4.79 Å². The third-order valence-electron chi connectivity index (χ3n) is 3.85. The highest BCUT2D eigenvalue weighted by molar-refractivity contribution is 5.76. The number of aliphatic carboxylic acids is 1. The SMILES string of the molecule is CC1CC1CNC(=O)N1CCCC(C(=O)O)C1. The van der Waals surface area contributed by atoms with E-state index in [-0.39, 0.29) is 6.03 Å². The first-order valence-electron chi connectivity index (χ1n) is 6.33. The van der Waals surface area contributed by atoms with E-state index in [1.165, 1.54) is 6.42 Å². The zero-order valence-corrected chi connectivity index (χ0v) is 10.2. The van der Waals surface area contributed by atoms with E-state index < -0.39 is 11.9 Å². The number of amides is 2. The molecular formula is C12H20N2O3. The van der Waals surface area contributed by atoms with Gasteiger partial charge in [-0.05, 0) is 31.1 Å². The van der Waals surface area contributed by atoms with Crippen molar-refractivity contribution in [3.8, 4) is 0 Å². The Balaban J connectivity index is 1.76. The summed E-state index contributed by atoms with van der Waals surface area (Å²) in [4.78, 5) is 24.3. The molecule has 1 aliphatic heterocycles. The second-order valence-electron chi connectivity index (χ2n) is 5.28. The van der Waals surface area contributed by atoms with Gasteiger partial charge in [-0.1, -0.05) is 6.92 Å². The molecular weight excluding hydrogens is 220 g/mol. The van der Waals surface area contributed by atoms with E-state index >= 15 is 0 Å². The van der Waals surface area contributed by atoms with Gasteiger partial charge in [0.25, 0.3) is 0 Å². The number of carboxylic acids is 1. The maximum atomic E-state index is 11.8. The first kappa shape index (κ1) is 12.2. The van der Waals surface area contributed by atoms with Crippen LogP contribution in [0.3, 0.4) is 0 Å². The molecule has 0 spiro atoms. The Hall–Kier alpha value is -1.26. The van der Waals surface area contributed by atoms with Gasteiger partial charge in [-0.2, -0.15) is 0 Å². The Bertz CT molecular complexity index is 319. The Kier molecular flexibility index (Phi) is 3.54. The smallest absolute Gasteiger partial charge is 0.317 e. The van der Waals surface area contributed by atoms with Crippen LogP contribution in [-0.4, -0.2) is 41.6 Å². The van der Waals surface area contributed by atoms with Gasteiger partial charge in [0, 0.05) is 19.6 Å². The second-order valence-corrected chi connectivity index (χ2v) is 5.28. The van der Waals surface area contributed by atoms with Crippen molar-refractivity contribution in [3.63, 3.8) is 0 Å². The number of carboxylic acid groups (broad SMARTS) is 1. The summed E-state index contributed by atoms with van der Waals surface area (Å²) in [6, 6.07) is -0.102. The number of nitrogens with one attached hydrogen (secondary N) is 1. The fraction of sp³-hybridized carbons (Fsp3) is 0.833. The number of hydrogen-bond donors (Lipinski definition) is 2. The molecule has 1 heterocycles. The molecule has 0 aromatic rings. The lowest BCUT2D eigenvalue weighted by atomic mass is 9.99. The van der Waals surface area contributed by atoms with E-state index in [1.807, 2.05) is 0 Å². The fourth-order valence-electron chi connectivity index (χ4n) is 2.38. The van der Waals surface area contributed by atoms with Crippen LogP contribution in [0, 0.1) is 17.8 Å². The van der Waals surface area contributed by atoms with Gasteiger partial charge in [0.15, 0.2) is 0 Å². The molecule has 3 unspecified atom stereocenters. The molecule has 96 valence electrons. The van der Waals surface area contributed by atoms with Crippen molar-refractivity contribution >= 4 is 12.0 Å². The number of carbonyl (C=O) groups is 2. The quantitative estimate of drug-likeness (QED) is 0.777. The van der Waals surface area contributed by atoms with E-state index in [9.17, 15) is 9.59 Å². The zero-order chi connectivity index (χ0) is 12.4.